The second-order valence-electron chi connectivity index (χ2n) is 4.49. The lowest BCUT2D eigenvalue weighted by atomic mass is 10.1. The van der Waals surface area contributed by atoms with Gasteiger partial charge in [-0.05, 0) is 48.4 Å². The second-order valence-corrected chi connectivity index (χ2v) is 5.33. The van der Waals surface area contributed by atoms with Crippen molar-refractivity contribution in [3.8, 4) is 11.5 Å². The first-order valence-corrected chi connectivity index (χ1v) is 6.97. The summed E-state index contributed by atoms with van der Waals surface area (Å²) in [4.78, 5) is 0. The Labute approximate surface area is 127 Å². The average molecular weight is 312 g/mol. The van der Waals surface area contributed by atoms with Crippen molar-refractivity contribution in [2.75, 3.05) is 6.54 Å². The lowest BCUT2D eigenvalue weighted by Crippen LogP contribution is -2.16. The molecule has 0 aliphatic heterocycles. The van der Waals surface area contributed by atoms with E-state index in [0.29, 0.717) is 16.6 Å². The maximum absolute atomic E-state index is 9.39. The third-order valence-corrected chi connectivity index (χ3v) is 3.54. The van der Waals surface area contributed by atoms with Crippen molar-refractivity contribution in [3.05, 3.63) is 57.6 Å². The summed E-state index contributed by atoms with van der Waals surface area (Å²) in [6, 6.07) is 10.2. The summed E-state index contributed by atoms with van der Waals surface area (Å²) in [5.74, 6) is -0.216. The number of benzene rings is 2. The molecule has 106 valence electrons. The smallest absolute Gasteiger partial charge is 0.157 e. The van der Waals surface area contributed by atoms with Gasteiger partial charge in [0, 0.05) is 16.6 Å². The maximum atomic E-state index is 9.39. The fourth-order valence-corrected chi connectivity index (χ4v) is 2.36. The summed E-state index contributed by atoms with van der Waals surface area (Å²) < 4.78 is 0. The van der Waals surface area contributed by atoms with Crippen LogP contribution in [0.5, 0.6) is 11.5 Å². The molecule has 0 unspecified atom stereocenters. The van der Waals surface area contributed by atoms with E-state index in [9.17, 15) is 10.2 Å². The van der Waals surface area contributed by atoms with Crippen molar-refractivity contribution in [3.63, 3.8) is 0 Å². The predicted molar refractivity (Wildman–Crippen MR) is 81.6 cm³/mol. The summed E-state index contributed by atoms with van der Waals surface area (Å²) in [5.41, 5.74) is 1.94. The van der Waals surface area contributed by atoms with Gasteiger partial charge in [-0.3, -0.25) is 0 Å². The Morgan fingerprint density at radius 3 is 2.45 bits per heavy atom. The van der Waals surface area contributed by atoms with Gasteiger partial charge in [-0.2, -0.15) is 0 Å². The molecule has 0 fully saturated rings. The quantitative estimate of drug-likeness (QED) is 0.582. The highest BCUT2D eigenvalue weighted by molar-refractivity contribution is 6.35. The highest BCUT2D eigenvalue weighted by Crippen LogP contribution is 2.24. The van der Waals surface area contributed by atoms with Crippen LogP contribution in [0.3, 0.4) is 0 Å². The summed E-state index contributed by atoms with van der Waals surface area (Å²) in [7, 11) is 0. The molecule has 0 bridgehead atoms. The lowest BCUT2D eigenvalue weighted by molar-refractivity contribution is 0.403. The van der Waals surface area contributed by atoms with E-state index in [0.717, 1.165) is 24.1 Å². The molecule has 2 aromatic rings. The largest absolute Gasteiger partial charge is 0.504 e. The van der Waals surface area contributed by atoms with Crippen LogP contribution in [0.25, 0.3) is 0 Å². The Morgan fingerprint density at radius 2 is 1.75 bits per heavy atom. The van der Waals surface area contributed by atoms with Crippen molar-refractivity contribution in [1.29, 1.82) is 0 Å². The molecule has 0 heterocycles. The van der Waals surface area contributed by atoms with Crippen LogP contribution in [-0.4, -0.2) is 16.8 Å². The minimum Gasteiger partial charge on any atom is -0.504 e. The molecule has 0 radical (unpaired) electrons. The van der Waals surface area contributed by atoms with Gasteiger partial charge in [-0.1, -0.05) is 35.3 Å². The van der Waals surface area contributed by atoms with Crippen LogP contribution >= 0.6 is 23.2 Å². The monoisotopic (exact) mass is 311 g/mol. The molecule has 0 aliphatic rings. The average Bonchev–Trinajstić information content (AvgIpc) is 2.40. The van der Waals surface area contributed by atoms with Crippen molar-refractivity contribution < 1.29 is 10.2 Å². The predicted octanol–water partition coefficient (Wildman–Crippen LogP) is 3.74. The molecule has 3 N–H and O–H groups in total. The van der Waals surface area contributed by atoms with Crippen LogP contribution in [0.1, 0.15) is 11.1 Å². The fraction of sp³-hybridized carbons (Fsp3) is 0.200. The van der Waals surface area contributed by atoms with E-state index in [2.05, 4.69) is 5.32 Å². The Morgan fingerprint density at radius 1 is 0.950 bits per heavy atom. The molecule has 0 saturated carbocycles. The molecule has 2 rings (SSSR count). The van der Waals surface area contributed by atoms with Crippen molar-refractivity contribution in [1.82, 2.24) is 5.32 Å². The highest BCUT2D eigenvalue weighted by Gasteiger charge is 2.02. The van der Waals surface area contributed by atoms with Crippen molar-refractivity contribution in [2.24, 2.45) is 0 Å². The van der Waals surface area contributed by atoms with Crippen molar-refractivity contribution in [2.45, 2.75) is 13.0 Å². The van der Waals surface area contributed by atoms with Gasteiger partial charge in [-0.15, -0.1) is 0 Å². The first-order chi connectivity index (χ1) is 9.56. The van der Waals surface area contributed by atoms with E-state index in [-0.39, 0.29) is 11.5 Å². The van der Waals surface area contributed by atoms with Crippen LogP contribution in [0, 0.1) is 0 Å². The van der Waals surface area contributed by atoms with Crippen LogP contribution in [0.15, 0.2) is 36.4 Å². The SMILES string of the molecule is Oc1ccc(CNCCc2ccc(Cl)cc2Cl)cc1O. The first kappa shape index (κ1) is 15.0. The molecule has 0 spiro atoms. The highest BCUT2D eigenvalue weighted by atomic mass is 35.5. The van der Waals surface area contributed by atoms with E-state index >= 15 is 0 Å². The topological polar surface area (TPSA) is 52.5 Å². The molecule has 0 amide bonds. The molecule has 0 saturated heterocycles. The number of halogens is 2. The van der Waals surface area contributed by atoms with Gasteiger partial charge in [0.05, 0.1) is 0 Å². The molecule has 0 atom stereocenters. The first-order valence-electron chi connectivity index (χ1n) is 6.22. The molecule has 20 heavy (non-hydrogen) atoms. The minimum atomic E-state index is -0.110. The lowest BCUT2D eigenvalue weighted by Gasteiger charge is -2.08. The molecule has 2 aromatic carbocycles. The van der Waals surface area contributed by atoms with Gasteiger partial charge in [0.15, 0.2) is 11.5 Å². The number of hydrogen-bond acceptors (Lipinski definition) is 3. The third kappa shape index (κ3) is 4.04. The molecular formula is C15H15Cl2NO2. The van der Waals surface area contributed by atoms with Crippen molar-refractivity contribution >= 4 is 23.2 Å². The van der Waals surface area contributed by atoms with Gasteiger partial charge in [-0.25, -0.2) is 0 Å². The van der Waals surface area contributed by atoms with Crippen LogP contribution < -0.4 is 5.32 Å². The minimum absolute atomic E-state index is 0.106. The van der Waals surface area contributed by atoms with E-state index in [1.54, 1.807) is 12.1 Å². The van der Waals surface area contributed by atoms with Gasteiger partial charge in [0.2, 0.25) is 0 Å². The summed E-state index contributed by atoms with van der Waals surface area (Å²) in [6.07, 6.45) is 0.792. The molecule has 0 aliphatic carbocycles. The molecular weight excluding hydrogens is 297 g/mol. The number of rotatable bonds is 5. The summed E-state index contributed by atoms with van der Waals surface area (Å²) in [6.45, 7) is 1.36. The Kier molecular flexibility index (Phi) is 5.12. The summed E-state index contributed by atoms with van der Waals surface area (Å²) in [5, 5.41) is 23.2. The fourth-order valence-electron chi connectivity index (χ4n) is 1.86. The van der Waals surface area contributed by atoms with Gasteiger partial charge in [0.1, 0.15) is 0 Å². The van der Waals surface area contributed by atoms with E-state index < -0.39 is 0 Å². The zero-order chi connectivity index (χ0) is 14.5. The second kappa shape index (κ2) is 6.84. The van der Waals surface area contributed by atoms with Gasteiger partial charge in [0.25, 0.3) is 0 Å². The van der Waals surface area contributed by atoms with Gasteiger partial charge < -0.3 is 15.5 Å². The Hall–Kier alpha value is -1.42. The van der Waals surface area contributed by atoms with E-state index in [4.69, 9.17) is 23.2 Å². The third-order valence-electron chi connectivity index (χ3n) is 2.96. The maximum Gasteiger partial charge on any atom is 0.157 e. The normalized spacial score (nSPS) is 10.7. The molecule has 0 aromatic heterocycles. The number of nitrogens with one attached hydrogen (secondary N) is 1. The van der Waals surface area contributed by atoms with Gasteiger partial charge >= 0.3 is 0 Å². The zero-order valence-corrected chi connectivity index (χ0v) is 12.2. The number of phenolic OH excluding ortho intramolecular Hbond substituents is 2. The van der Waals surface area contributed by atoms with E-state index in [1.807, 2.05) is 12.1 Å². The standard InChI is InChI=1S/C15H15Cl2NO2/c16-12-3-2-11(13(17)8-12)5-6-18-9-10-1-4-14(19)15(20)7-10/h1-4,7-8,18-20H,5-6,9H2. The number of aromatic hydroxyl groups is 2. The Balaban J connectivity index is 1.82. The van der Waals surface area contributed by atoms with Crippen LogP contribution in [0.4, 0.5) is 0 Å². The van der Waals surface area contributed by atoms with Crippen LogP contribution in [-0.2, 0) is 13.0 Å². The Bertz CT molecular complexity index is 602. The molecule has 3 nitrogen and oxygen atoms in total. The van der Waals surface area contributed by atoms with Crippen LogP contribution in [0.2, 0.25) is 10.0 Å². The number of phenols is 2. The van der Waals surface area contributed by atoms with E-state index in [1.165, 1.54) is 12.1 Å². The summed E-state index contributed by atoms with van der Waals surface area (Å²) >= 11 is 11.9. The zero-order valence-electron chi connectivity index (χ0n) is 10.7. The number of hydrogen-bond donors (Lipinski definition) is 3. The molecule has 5 heteroatoms.